The van der Waals surface area contributed by atoms with Gasteiger partial charge in [0.05, 0.1) is 18.4 Å². The van der Waals surface area contributed by atoms with Gasteiger partial charge in [-0.3, -0.25) is 9.59 Å². The van der Waals surface area contributed by atoms with E-state index in [1.54, 1.807) is 42.5 Å². The van der Waals surface area contributed by atoms with E-state index in [1.807, 2.05) is 0 Å². The van der Waals surface area contributed by atoms with E-state index < -0.39 is 11.5 Å². The van der Waals surface area contributed by atoms with Crippen molar-refractivity contribution in [2.45, 2.75) is 12.0 Å². The van der Waals surface area contributed by atoms with E-state index in [9.17, 15) is 14.7 Å². The van der Waals surface area contributed by atoms with Gasteiger partial charge in [-0.15, -0.1) is 6.58 Å². The molecule has 0 unspecified atom stereocenters. The van der Waals surface area contributed by atoms with Gasteiger partial charge in [0.25, 0.3) is 5.91 Å². The van der Waals surface area contributed by atoms with Crippen LogP contribution in [0, 0.1) is 0 Å². The van der Waals surface area contributed by atoms with E-state index in [-0.39, 0.29) is 18.7 Å². The third-order valence-electron chi connectivity index (χ3n) is 3.96. The minimum absolute atomic E-state index is 0.272. The summed E-state index contributed by atoms with van der Waals surface area (Å²) in [6.45, 7) is 3.91. The summed E-state index contributed by atoms with van der Waals surface area (Å²) in [7, 11) is 0. The quantitative estimate of drug-likeness (QED) is 0.655. The SMILES string of the molecule is C=CCN1C(=O)[C@](O)(CC(=O)/C=C/c2ccco2)c2ccccc21. The fraction of sp³-hybridized carbons (Fsp3) is 0.158. The zero-order chi connectivity index (χ0) is 17.2. The van der Waals surface area contributed by atoms with Crippen molar-refractivity contribution in [3.63, 3.8) is 0 Å². The number of para-hydroxylation sites is 1. The maximum atomic E-state index is 12.7. The van der Waals surface area contributed by atoms with Gasteiger partial charge in [0.15, 0.2) is 11.4 Å². The van der Waals surface area contributed by atoms with Crippen LogP contribution in [0.4, 0.5) is 5.69 Å². The summed E-state index contributed by atoms with van der Waals surface area (Å²) in [4.78, 5) is 26.4. The first-order valence-corrected chi connectivity index (χ1v) is 7.55. The lowest BCUT2D eigenvalue weighted by Gasteiger charge is -2.21. The Morgan fingerprint density at radius 1 is 1.29 bits per heavy atom. The van der Waals surface area contributed by atoms with Crippen LogP contribution in [0.25, 0.3) is 6.08 Å². The van der Waals surface area contributed by atoms with Crippen LogP contribution < -0.4 is 4.90 Å². The minimum atomic E-state index is -1.86. The Morgan fingerprint density at radius 3 is 2.79 bits per heavy atom. The number of rotatable bonds is 6. The first-order valence-electron chi connectivity index (χ1n) is 7.55. The number of fused-ring (bicyclic) bond motifs is 1. The number of furan rings is 1. The summed E-state index contributed by atoms with van der Waals surface area (Å²) in [6, 6.07) is 10.4. The summed E-state index contributed by atoms with van der Waals surface area (Å²) in [5.41, 5.74) is -0.811. The van der Waals surface area contributed by atoms with Gasteiger partial charge in [0.2, 0.25) is 0 Å². The molecule has 0 aliphatic carbocycles. The number of carbonyl (C=O) groups is 2. The maximum Gasteiger partial charge on any atom is 0.264 e. The molecular formula is C19H17NO4. The summed E-state index contributed by atoms with van der Waals surface area (Å²) < 4.78 is 5.12. The van der Waals surface area contributed by atoms with E-state index in [0.717, 1.165) is 0 Å². The van der Waals surface area contributed by atoms with E-state index in [0.29, 0.717) is 17.0 Å². The third kappa shape index (κ3) is 2.70. The molecule has 1 aromatic heterocycles. The fourth-order valence-electron chi connectivity index (χ4n) is 2.86. The molecule has 3 rings (SSSR count). The third-order valence-corrected chi connectivity index (χ3v) is 3.96. The Balaban J connectivity index is 1.87. The molecule has 24 heavy (non-hydrogen) atoms. The van der Waals surface area contributed by atoms with Crippen molar-refractivity contribution in [1.29, 1.82) is 0 Å². The normalized spacial score (nSPS) is 19.7. The number of amides is 1. The molecule has 0 spiro atoms. The average Bonchev–Trinajstić information content (AvgIpc) is 3.16. The number of allylic oxidation sites excluding steroid dienone is 1. The molecule has 1 aliphatic rings. The molecular weight excluding hydrogens is 306 g/mol. The first-order chi connectivity index (χ1) is 11.6. The van der Waals surface area contributed by atoms with Gasteiger partial charge < -0.3 is 14.4 Å². The highest BCUT2D eigenvalue weighted by Crippen LogP contribution is 2.42. The molecule has 2 heterocycles. The summed E-state index contributed by atoms with van der Waals surface area (Å²) in [5.74, 6) is -0.345. The summed E-state index contributed by atoms with van der Waals surface area (Å²) in [5, 5.41) is 10.9. The second-order valence-electron chi connectivity index (χ2n) is 5.57. The number of hydrogen-bond donors (Lipinski definition) is 1. The largest absolute Gasteiger partial charge is 0.465 e. The Kier molecular flexibility index (Phi) is 4.18. The molecule has 1 aromatic carbocycles. The number of anilines is 1. The van der Waals surface area contributed by atoms with Gasteiger partial charge in [-0.2, -0.15) is 0 Å². The van der Waals surface area contributed by atoms with E-state index in [4.69, 9.17) is 4.42 Å². The number of benzene rings is 1. The molecule has 1 aliphatic heterocycles. The average molecular weight is 323 g/mol. The smallest absolute Gasteiger partial charge is 0.264 e. The van der Waals surface area contributed by atoms with Crippen molar-refractivity contribution < 1.29 is 19.1 Å². The second kappa shape index (κ2) is 6.29. The number of nitrogens with zero attached hydrogens (tertiary/aromatic N) is 1. The molecule has 0 bridgehead atoms. The maximum absolute atomic E-state index is 12.7. The van der Waals surface area contributed by atoms with E-state index in [1.165, 1.54) is 23.3 Å². The van der Waals surface area contributed by atoms with Crippen molar-refractivity contribution in [2.75, 3.05) is 11.4 Å². The molecule has 1 atom stereocenters. The van der Waals surface area contributed by atoms with Crippen molar-refractivity contribution in [3.05, 3.63) is 72.7 Å². The van der Waals surface area contributed by atoms with Gasteiger partial charge in [-0.25, -0.2) is 0 Å². The lowest BCUT2D eigenvalue weighted by Crippen LogP contribution is -2.41. The molecule has 0 radical (unpaired) electrons. The number of carbonyl (C=O) groups excluding carboxylic acids is 2. The minimum Gasteiger partial charge on any atom is -0.465 e. The predicted octanol–water partition coefficient (Wildman–Crippen LogP) is 2.67. The number of ketones is 1. The van der Waals surface area contributed by atoms with Gasteiger partial charge >= 0.3 is 0 Å². The standard InChI is InChI=1S/C19H17NO4/c1-2-11-20-17-8-4-3-7-16(17)19(23,18(20)22)13-14(21)9-10-15-6-5-12-24-15/h2-10,12,23H,1,11,13H2/b10-9+/t19-/m0/s1. The predicted molar refractivity (Wildman–Crippen MR) is 90.3 cm³/mol. The number of hydrogen-bond acceptors (Lipinski definition) is 4. The summed E-state index contributed by atoms with van der Waals surface area (Å²) in [6.07, 6.45) is 5.58. The van der Waals surface area contributed by atoms with Crippen LogP contribution in [0.1, 0.15) is 17.7 Å². The molecule has 5 heteroatoms. The van der Waals surface area contributed by atoms with Crippen molar-refractivity contribution in [1.82, 2.24) is 0 Å². The van der Waals surface area contributed by atoms with Crippen LogP contribution in [0.3, 0.4) is 0 Å². The van der Waals surface area contributed by atoms with Gasteiger partial charge in [0.1, 0.15) is 5.76 Å². The molecule has 2 aromatic rings. The Bertz CT molecular complexity index is 807. The van der Waals surface area contributed by atoms with Crippen LogP contribution in [0.5, 0.6) is 0 Å². The molecule has 1 amide bonds. The molecule has 0 saturated carbocycles. The highest BCUT2D eigenvalue weighted by molar-refractivity contribution is 6.10. The highest BCUT2D eigenvalue weighted by Gasteiger charge is 2.50. The molecule has 0 saturated heterocycles. The van der Waals surface area contributed by atoms with E-state index >= 15 is 0 Å². The Labute approximate surface area is 139 Å². The van der Waals surface area contributed by atoms with Crippen LogP contribution in [0.2, 0.25) is 0 Å². The number of aliphatic hydroxyl groups is 1. The zero-order valence-electron chi connectivity index (χ0n) is 13.0. The topological polar surface area (TPSA) is 70.8 Å². The molecule has 5 nitrogen and oxygen atoms in total. The van der Waals surface area contributed by atoms with Crippen molar-refractivity contribution in [2.24, 2.45) is 0 Å². The van der Waals surface area contributed by atoms with Crippen molar-refractivity contribution in [3.8, 4) is 0 Å². The fourth-order valence-corrected chi connectivity index (χ4v) is 2.86. The lowest BCUT2D eigenvalue weighted by molar-refractivity contribution is -0.140. The van der Waals surface area contributed by atoms with Gasteiger partial charge in [-0.05, 0) is 30.4 Å². The van der Waals surface area contributed by atoms with Crippen molar-refractivity contribution >= 4 is 23.5 Å². The molecule has 0 fully saturated rings. The Hall–Kier alpha value is -2.92. The Morgan fingerprint density at radius 2 is 2.08 bits per heavy atom. The molecule has 1 N–H and O–H groups in total. The van der Waals surface area contributed by atoms with Crippen LogP contribution in [-0.4, -0.2) is 23.3 Å². The van der Waals surface area contributed by atoms with E-state index in [2.05, 4.69) is 6.58 Å². The zero-order valence-corrected chi connectivity index (χ0v) is 13.0. The lowest BCUT2D eigenvalue weighted by atomic mass is 9.90. The van der Waals surface area contributed by atoms with Crippen LogP contribution >= 0.6 is 0 Å². The van der Waals surface area contributed by atoms with Crippen LogP contribution in [-0.2, 0) is 15.2 Å². The second-order valence-corrected chi connectivity index (χ2v) is 5.57. The highest BCUT2D eigenvalue weighted by atomic mass is 16.3. The van der Waals surface area contributed by atoms with Gasteiger partial charge in [0, 0.05) is 12.1 Å². The summed E-state index contributed by atoms with van der Waals surface area (Å²) >= 11 is 0. The van der Waals surface area contributed by atoms with Crippen LogP contribution in [0.15, 0.2) is 65.8 Å². The monoisotopic (exact) mass is 323 g/mol. The van der Waals surface area contributed by atoms with Gasteiger partial charge in [-0.1, -0.05) is 24.3 Å². The first kappa shape index (κ1) is 16.0. The molecule has 122 valence electrons.